The van der Waals surface area contributed by atoms with Crippen molar-refractivity contribution < 1.29 is 0 Å². The van der Waals surface area contributed by atoms with Gasteiger partial charge in [-0.05, 0) is 48.6 Å². The summed E-state index contributed by atoms with van der Waals surface area (Å²) in [5.74, 6) is 0. The van der Waals surface area contributed by atoms with Crippen molar-refractivity contribution in [2.75, 3.05) is 6.54 Å². The molecule has 1 aromatic carbocycles. The van der Waals surface area contributed by atoms with Gasteiger partial charge in [0.2, 0.25) is 0 Å². The van der Waals surface area contributed by atoms with E-state index in [0.717, 1.165) is 30.6 Å². The maximum absolute atomic E-state index is 6.08. The van der Waals surface area contributed by atoms with Crippen molar-refractivity contribution in [3.8, 4) is 0 Å². The highest BCUT2D eigenvalue weighted by Gasteiger charge is 2.18. The summed E-state index contributed by atoms with van der Waals surface area (Å²) in [6.45, 7) is 5.09. The first kappa shape index (κ1) is 15.7. The van der Waals surface area contributed by atoms with Crippen molar-refractivity contribution in [1.82, 2.24) is 14.9 Å². The Hall–Kier alpha value is -0.680. The van der Waals surface area contributed by atoms with Crippen LogP contribution in [0.4, 0.5) is 0 Å². The molecule has 0 fully saturated rings. The van der Waals surface area contributed by atoms with Crippen LogP contribution in [0, 0.1) is 0 Å². The van der Waals surface area contributed by atoms with Gasteiger partial charge >= 0.3 is 0 Å². The largest absolute Gasteiger partial charge is 0.309 e. The van der Waals surface area contributed by atoms with Crippen LogP contribution >= 0.6 is 34.7 Å². The van der Waals surface area contributed by atoms with E-state index in [-0.39, 0.29) is 6.04 Å². The van der Waals surface area contributed by atoms with Crippen LogP contribution in [0.25, 0.3) is 0 Å². The molecular weight excluding hydrogens is 313 g/mol. The molecule has 0 radical (unpaired) electrons. The van der Waals surface area contributed by atoms with Gasteiger partial charge in [0, 0.05) is 6.04 Å². The van der Waals surface area contributed by atoms with E-state index in [1.807, 2.05) is 18.2 Å². The van der Waals surface area contributed by atoms with Crippen LogP contribution in [0.15, 0.2) is 18.2 Å². The number of hydrogen-bond acceptors (Lipinski definition) is 4. The Morgan fingerprint density at radius 3 is 2.70 bits per heavy atom. The zero-order valence-electron chi connectivity index (χ0n) is 11.5. The minimum Gasteiger partial charge on any atom is -0.309 e. The highest BCUT2D eigenvalue weighted by molar-refractivity contribution is 7.05. The lowest BCUT2D eigenvalue weighted by Crippen LogP contribution is -2.23. The summed E-state index contributed by atoms with van der Waals surface area (Å²) in [6, 6.07) is 5.99. The van der Waals surface area contributed by atoms with E-state index in [0.29, 0.717) is 10.0 Å². The molecule has 2 rings (SSSR count). The first-order valence-corrected chi connectivity index (χ1v) is 8.17. The molecule has 1 atom stereocenters. The zero-order valence-corrected chi connectivity index (χ0v) is 13.8. The molecule has 0 spiro atoms. The van der Waals surface area contributed by atoms with Crippen LogP contribution in [-0.2, 0) is 12.8 Å². The minimum absolute atomic E-state index is 0.215. The van der Waals surface area contributed by atoms with Gasteiger partial charge in [-0.2, -0.15) is 0 Å². The van der Waals surface area contributed by atoms with Gasteiger partial charge in [-0.3, -0.25) is 0 Å². The number of likely N-dealkylation sites (N-methyl/N-ethyl adjacent to an activating group) is 1. The quantitative estimate of drug-likeness (QED) is 0.858. The van der Waals surface area contributed by atoms with Gasteiger partial charge in [-0.15, -0.1) is 5.10 Å². The third-order valence-electron chi connectivity index (χ3n) is 3.11. The second-order valence-corrected chi connectivity index (χ2v) is 6.10. The molecule has 0 aliphatic heterocycles. The maximum Gasteiger partial charge on any atom is 0.0801 e. The van der Waals surface area contributed by atoms with Crippen LogP contribution in [0.5, 0.6) is 0 Å². The van der Waals surface area contributed by atoms with Crippen molar-refractivity contribution in [2.45, 2.75) is 32.7 Å². The molecule has 6 heteroatoms. The lowest BCUT2D eigenvalue weighted by Gasteiger charge is -2.17. The smallest absolute Gasteiger partial charge is 0.0801 e. The molecule has 1 N–H and O–H groups in total. The number of halogens is 2. The second kappa shape index (κ2) is 7.36. The SMILES string of the molecule is CCNC(Cc1ccc(Cl)c(Cl)c1)c1snnc1CC. The number of aryl methyl sites for hydroxylation is 1. The summed E-state index contributed by atoms with van der Waals surface area (Å²) in [6.07, 6.45) is 1.75. The van der Waals surface area contributed by atoms with E-state index in [2.05, 4.69) is 28.8 Å². The molecular formula is C14H17Cl2N3S. The number of rotatable bonds is 6. The molecule has 0 saturated carbocycles. The van der Waals surface area contributed by atoms with Crippen LogP contribution in [-0.4, -0.2) is 16.1 Å². The third-order valence-corrected chi connectivity index (χ3v) is 4.73. The van der Waals surface area contributed by atoms with E-state index >= 15 is 0 Å². The van der Waals surface area contributed by atoms with Gasteiger partial charge < -0.3 is 5.32 Å². The molecule has 0 bridgehead atoms. The van der Waals surface area contributed by atoms with Gasteiger partial charge in [0.15, 0.2) is 0 Å². The van der Waals surface area contributed by atoms with Gasteiger partial charge in [0.05, 0.1) is 20.6 Å². The molecule has 0 amide bonds. The van der Waals surface area contributed by atoms with Crippen molar-refractivity contribution in [2.24, 2.45) is 0 Å². The van der Waals surface area contributed by atoms with Crippen LogP contribution in [0.3, 0.4) is 0 Å². The van der Waals surface area contributed by atoms with Gasteiger partial charge in [0.1, 0.15) is 0 Å². The van der Waals surface area contributed by atoms with Crippen molar-refractivity contribution >= 4 is 34.7 Å². The number of benzene rings is 1. The Kier molecular flexibility index (Phi) is 5.78. The molecule has 20 heavy (non-hydrogen) atoms. The van der Waals surface area contributed by atoms with E-state index in [1.54, 1.807) is 0 Å². The van der Waals surface area contributed by atoms with Crippen LogP contribution in [0.1, 0.15) is 36.0 Å². The minimum atomic E-state index is 0.215. The monoisotopic (exact) mass is 329 g/mol. The predicted molar refractivity (Wildman–Crippen MR) is 85.9 cm³/mol. The number of hydrogen-bond donors (Lipinski definition) is 1. The van der Waals surface area contributed by atoms with E-state index in [1.165, 1.54) is 16.4 Å². The maximum atomic E-state index is 6.08. The average Bonchev–Trinajstić information content (AvgIpc) is 2.90. The fourth-order valence-corrected chi connectivity index (χ4v) is 3.26. The third kappa shape index (κ3) is 3.70. The van der Waals surface area contributed by atoms with Gasteiger partial charge in [0.25, 0.3) is 0 Å². The first-order chi connectivity index (χ1) is 9.65. The standard InChI is InChI=1S/C14H17Cl2N3S/c1-3-12-14(20-19-18-12)13(17-4-2)8-9-5-6-10(15)11(16)7-9/h5-7,13,17H,3-4,8H2,1-2H3. The Morgan fingerprint density at radius 1 is 1.25 bits per heavy atom. The molecule has 2 aromatic rings. The van der Waals surface area contributed by atoms with Gasteiger partial charge in [-0.25, -0.2) is 0 Å². The highest BCUT2D eigenvalue weighted by Crippen LogP contribution is 2.28. The number of aromatic nitrogens is 2. The first-order valence-electron chi connectivity index (χ1n) is 6.64. The average molecular weight is 330 g/mol. The van der Waals surface area contributed by atoms with Crippen molar-refractivity contribution in [1.29, 1.82) is 0 Å². The van der Waals surface area contributed by atoms with Crippen LogP contribution in [0.2, 0.25) is 10.0 Å². The van der Waals surface area contributed by atoms with Gasteiger partial charge in [-0.1, -0.05) is 47.6 Å². The lowest BCUT2D eigenvalue weighted by molar-refractivity contribution is 0.553. The predicted octanol–water partition coefficient (Wildman–Crippen LogP) is 4.30. The Morgan fingerprint density at radius 2 is 2.05 bits per heavy atom. The highest BCUT2D eigenvalue weighted by atomic mass is 35.5. The fraction of sp³-hybridized carbons (Fsp3) is 0.429. The molecule has 1 unspecified atom stereocenters. The molecule has 0 aliphatic rings. The summed E-state index contributed by atoms with van der Waals surface area (Å²) in [4.78, 5) is 1.21. The molecule has 108 valence electrons. The Balaban J connectivity index is 2.23. The molecule has 0 aliphatic carbocycles. The summed E-state index contributed by atoms with van der Waals surface area (Å²) >= 11 is 13.5. The molecule has 1 heterocycles. The molecule has 0 saturated heterocycles. The number of nitrogens with zero attached hydrogens (tertiary/aromatic N) is 2. The van der Waals surface area contributed by atoms with Crippen molar-refractivity contribution in [3.63, 3.8) is 0 Å². The fourth-order valence-electron chi connectivity index (χ4n) is 2.13. The van der Waals surface area contributed by atoms with E-state index in [4.69, 9.17) is 23.2 Å². The van der Waals surface area contributed by atoms with E-state index < -0.39 is 0 Å². The topological polar surface area (TPSA) is 37.8 Å². The van der Waals surface area contributed by atoms with Crippen molar-refractivity contribution in [3.05, 3.63) is 44.4 Å². The summed E-state index contributed by atoms with van der Waals surface area (Å²) < 4.78 is 4.07. The second-order valence-electron chi connectivity index (χ2n) is 4.50. The number of nitrogens with one attached hydrogen (secondary N) is 1. The lowest BCUT2D eigenvalue weighted by atomic mass is 10.0. The van der Waals surface area contributed by atoms with Crippen LogP contribution < -0.4 is 5.32 Å². The molecule has 1 aromatic heterocycles. The Bertz CT molecular complexity index is 571. The summed E-state index contributed by atoms with van der Waals surface area (Å²) in [5.41, 5.74) is 2.22. The summed E-state index contributed by atoms with van der Waals surface area (Å²) in [7, 11) is 0. The zero-order chi connectivity index (χ0) is 14.5. The normalized spacial score (nSPS) is 12.6. The molecule has 3 nitrogen and oxygen atoms in total. The summed E-state index contributed by atoms with van der Waals surface area (Å²) in [5, 5.41) is 8.87. The van der Waals surface area contributed by atoms with E-state index in [9.17, 15) is 0 Å². The Labute approximate surface area is 133 Å².